The van der Waals surface area contributed by atoms with Gasteiger partial charge in [0.1, 0.15) is 11.5 Å². The maximum Gasteiger partial charge on any atom is 0.295 e. The fourth-order valence-corrected chi connectivity index (χ4v) is 4.88. The Morgan fingerprint density at radius 3 is 2.38 bits per heavy atom. The predicted molar refractivity (Wildman–Crippen MR) is 144 cm³/mol. The Kier molecular flexibility index (Phi) is 9.83. The number of ether oxygens (including phenoxy) is 3. The largest absolute Gasteiger partial charge is 0.507 e. The van der Waals surface area contributed by atoms with Gasteiger partial charge in [0.25, 0.3) is 11.7 Å². The molecule has 1 saturated heterocycles. The number of ketones is 1. The first-order chi connectivity index (χ1) is 17.8. The van der Waals surface area contributed by atoms with Crippen LogP contribution < -0.4 is 14.2 Å². The molecule has 0 radical (unpaired) electrons. The van der Waals surface area contributed by atoms with Gasteiger partial charge in [-0.1, -0.05) is 37.6 Å². The summed E-state index contributed by atoms with van der Waals surface area (Å²) in [4.78, 5) is 30.4. The third-order valence-corrected chi connectivity index (χ3v) is 6.84. The second kappa shape index (κ2) is 12.8. The number of para-hydroxylation sites is 1. The van der Waals surface area contributed by atoms with Crippen LogP contribution in [-0.4, -0.2) is 73.6 Å². The molecule has 0 aliphatic carbocycles. The number of aliphatic hydroxyl groups excluding tert-OH is 1. The number of benzene rings is 2. The number of hydrogen-bond acceptors (Lipinski definition) is 7. The van der Waals surface area contributed by atoms with Crippen LogP contribution in [0, 0.1) is 0 Å². The minimum absolute atomic E-state index is 0.0281. The van der Waals surface area contributed by atoms with Crippen LogP contribution in [-0.2, 0) is 9.59 Å². The van der Waals surface area contributed by atoms with E-state index in [9.17, 15) is 14.7 Å². The van der Waals surface area contributed by atoms with Gasteiger partial charge in [0.05, 0.1) is 37.5 Å². The SMILES string of the molecule is CCOc1ccc(C(O)=C2C(=O)C(=O)N(CCCN(CC)CC)[C@H]2c2cccc(OC)c2OC)cc1Cl. The molecule has 1 amide bonds. The maximum atomic E-state index is 13.4. The Labute approximate surface area is 223 Å². The Morgan fingerprint density at radius 1 is 1.05 bits per heavy atom. The number of likely N-dealkylation sites (tertiary alicyclic amines) is 1. The summed E-state index contributed by atoms with van der Waals surface area (Å²) in [6.07, 6.45) is 0.659. The Bertz CT molecular complexity index is 1160. The Hall–Kier alpha value is -3.23. The molecule has 1 aliphatic heterocycles. The lowest BCUT2D eigenvalue weighted by atomic mass is 9.94. The number of methoxy groups -OCH3 is 2. The van der Waals surface area contributed by atoms with E-state index in [1.807, 2.05) is 6.92 Å². The second-order valence-electron chi connectivity index (χ2n) is 8.53. The Morgan fingerprint density at radius 2 is 1.78 bits per heavy atom. The van der Waals surface area contributed by atoms with Crippen molar-refractivity contribution in [1.82, 2.24) is 9.80 Å². The third kappa shape index (κ3) is 5.86. The van der Waals surface area contributed by atoms with Crippen molar-refractivity contribution in [3.8, 4) is 17.2 Å². The van der Waals surface area contributed by atoms with Crippen LogP contribution in [0.5, 0.6) is 17.2 Å². The molecule has 0 saturated carbocycles. The average molecular weight is 531 g/mol. The van der Waals surface area contributed by atoms with Crippen LogP contribution in [0.3, 0.4) is 0 Å². The first-order valence-corrected chi connectivity index (χ1v) is 12.8. The van der Waals surface area contributed by atoms with Crippen LogP contribution in [0.1, 0.15) is 44.4 Å². The average Bonchev–Trinajstić information content (AvgIpc) is 3.16. The molecule has 3 rings (SSSR count). The second-order valence-corrected chi connectivity index (χ2v) is 8.94. The number of carbonyl (C=O) groups is 2. The highest BCUT2D eigenvalue weighted by Crippen LogP contribution is 2.45. The van der Waals surface area contributed by atoms with E-state index in [1.165, 1.54) is 25.2 Å². The summed E-state index contributed by atoms with van der Waals surface area (Å²) in [5.41, 5.74) is 0.823. The predicted octanol–water partition coefficient (Wildman–Crippen LogP) is 4.91. The molecule has 9 heteroatoms. The van der Waals surface area contributed by atoms with Crippen molar-refractivity contribution in [1.29, 1.82) is 0 Å². The number of carbonyl (C=O) groups excluding carboxylic acids is 2. The van der Waals surface area contributed by atoms with E-state index in [1.54, 1.807) is 30.3 Å². The van der Waals surface area contributed by atoms with Gasteiger partial charge in [-0.2, -0.15) is 0 Å². The quantitative estimate of drug-likeness (QED) is 0.237. The van der Waals surface area contributed by atoms with Gasteiger partial charge in [-0.25, -0.2) is 0 Å². The van der Waals surface area contributed by atoms with Gasteiger partial charge in [-0.15, -0.1) is 0 Å². The molecule has 1 atom stereocenters. The van der Waals surface area contributed by atoms with Gasteiger partial charge >= 0.3 is 0 Å². The van der Waals surface area contributed by atoms with E-state index in [-0.39, 0.29) is 16.4 Å². The van der Waals surface area contributed by atoms with Crippen molar-refractivity contribution >= 4 is 29.1 Å². The van der Waals surface area contributed by atoms with Crippen LogP contribution >= 0.6 is 11.6 Å². The van der Waals surface area contributed by atoms with E-state index in [0.29, 0.717) is 47.9 Å². The summed E-state index contributed by atoms with van der Waals surface area (Å²) in [5, 5.41) is 11.7. The van der Waals surface area contributed by atoms with E-state index in [0.717, 1.165) is 19.6 Å². The highest BCUT2D eigenvalue weighted by Gasteiger charge is 2.47. The molecular formula is C28H35ClN2O6. The van der Waals surface area contributed by atoms with E-state index < -0.39 is 17.7 Å². The van der Waals surface area contributed by atoms with E-state index in [2.05, 4.69) is 18.7 Å². The van der Waals surface area contributed by atoms with Gasteiger partial charge in [0.2, 0.25) is 0 Å². The summed E-state index contributed by atoms with van der Waals surface area (Å²) in [6.45, 7) is 9.31. The number of hydrogen-bond donors (Lipinski definition) is 1. The van der Waals surface area contributed by atoms with Crippen molar-refractivity contribution in [2.24, 2.45) is 0 Å². The molecule has 2 aromatic rings. The fourth-order valence-electron chi connectivity index (χ4n) is 4.64. The van der Waals surface area contributed by atoms with Gasteiger partial charge in [-0.05, 0) is 57.2 Å². The Balaban J connectivity index is 2.14. The lowest BCUT2D eigenvalue weighted by Crippen LogP contribution is -2.33. The summed E-state index contributed by atoms with van der Waals surface area (Å²) >= 11 is 6.36. The van der Waals surface area contributed by atoms with E-state index >= 15 is 0 Å². The highest BCUT2D eigenvalue weighted by atomic mass is 35.5. The van der Waals surface area contributed by atoms with Crippen molar-refractivity contribution in [2.75, 3.05) is 47.0 Å². The molecule has 2 aromatic carbocycles. The molecule has 8 nitrogen and oxygen atoms in total. The third-order valence-electron chi connectivity index (χ3n) is 6.54. The van der Waals surface area contributed by atoms with Crippen molar-refractivity contribution in [3.63, 3.8) is 0 Å². The zero-order chi connectivity index (χ0) is 27.1. The number of halogens is 1. The molecule has 1 N–H and O–H groups in total. The van der Waals surface area contributed by atoms with Crippen LogP contribution in [0.2, 0.25) is 5.02 Å². The normalized spacial score (nSPS) is 16.9. The van der Waals surface area contributed by atoms with Gasteiger partial charge in [0.15, 0.2) is 11.5 Å². The molecule has 0 unspecified atom stereocenters. The lowest BCUT2D eigenvalue weighted by Gasteiger charge is -2.28. The number of aliphatic hydroxyl groups is 1. The van der Waals surface area contributed by atoms with Crippen molar-refractivity contribution in [2.45, 2.75) is 33.2 Å². The molecule has 1 heterocycles. The maximum absolute atomic E-state index is 13.4. The topological polar surface area (TPSA) is 88.5 Å². The summed E-state index contributed by atoms with van der Waals surface area (Å²) in [7, 11) is 3.02. The molecule has 200 valence electrons. The van der Waals surface area contributed by atoms with Gasteiger partial charge < -0.3 is 29.1 Å². The molecule has 1 fully saturated rings. The number of amides is 1. The molecule has 0 bridgehead atoms. The van der Waals surface area contributed by atoms with Crippen LogP contribution in [0.15, 0.2) is 42.0 Å². The van der Waals surface area contributed by atoms with Gasteiger partial charge in [0, 0.05) is 17.7 Å². The zero-order valence-corrected chi connectivity index (χ0v) is 22.8. The van der Waals surface area contributed by atoms with Gasteiger partial charge in [-0.3, -0.25) is 9.59 Å². The standard InChI is InChI=1S/C28H35ClN2O6/c1-6-30(7-2)15-10-16-31-24(19-11-9-12-22(35-4)27(19)36-5)23(26(33)28(31)34)25(32)18-13-14-21(37-8-3)20(29)17-18/h9,11-14,17,24,32H,6-8,10,15-16H2,1-5H3/t24-/m0/s1. The minimum atomic E-state index is -0.868. The number of nitrogens with zero attached hydrogens (tertiary/aromatic N) is 2. The minimum Gasteiger partial charge on any atom is -0.507 e. The van der Waals surface area contributed by atoms with Crippen LogP contribution in [0.4, 0.5) is 0 Å². The van der Waals surface area contributed by atoms with Crippen molar-refractivity contribution < 1.29 is 28.9 Å². The van der Waals surface area contributed by atoms with Crippen molar-refractivity contribution in [3.05, 3.63) is 58.1 Å². The fraction of sp³-hybridized carbons (Fsp3) is 0.429. The number of Topliss-reactive ketones (excluding diaryl/α,β-unsaturated/α-hetero) is 1. The lowest BCUT2D eigenvalue weighted by molar-refractivity contribution is -0.140. The summed E-state index contributed by atoms with van der Waals surface area (Å²) in [5.74, 6) is -0.444. The highest BCUT2D eigenvalue weighted by molar-refractivity contribution is 6.46. The molecule has 0 spiro atoms. The summed E-state index contributed by atoms with van der Waals surface area (Å²) < 4.78 is 16.6. The molecule has 0 aromatic heterocycles. The first-order valence-electron chi connectivity index (χ1n) is 12.5. The number of rotatable bonds is 12. The van der Waals surface area contributed by atoms with Crippen LogP contribution in [0.25, 0.3) is 5.76 Å². The zero-order valence-electron chi connectivity index (χ0n) is 22.0. The monoisotopic (exact) mass is 530 g/mol. The molecule has 37 heavy (non-hydrogen) atoms. The smallest absolute Gasteiger partial charge is 0.295 e. The van der Waals surface area contributed by atoms with E-state index in [4.69, 9.17) is 25.8 Å². The molecule has 1 aliphatic rings. The molecular weight excluding hydrogens is 496 g/mol. The first kappa shape index (κ1) is 28.3. The summed E-state index contributed by atoms with van der Waals surface area (Å²) in [6, 6.07) is 9.17.